The van der Waals surface area contributed by atoms with Crippen LogP contribution in [-0.2, 0) is 0 Å². The van der Waals surface area contributed by atoms with Crippen LogP contribution in [0.25, 0.3) is 34.1 Å². The van der Waals surface area contributed by atoms with Gasteiger partial charge in [0.1, 0.15) is 17.0 Å². The molecule has 4 rings (SSSR count). The molecule has 0 aliphatic rings. The summed E-state index contributed by atoms with van der Waals surface area (Å²) in [6.45, 7) is 1.81. The third-order valence-electron chi connectivity index (χ3n) is 3.75. The third-order valence-corrected chi connectivity index (χ3v) is 3.75. The molecule has 0 amide bonds. The maximum atomic E-state index is 5.46. The minimum atomic E-state index is 0.350. The fourth-order valence-corrected chi connectivity index (χ4v) is 2.52. The highest BCUT2D eigenvalue weighted by atomic mass is 16.5. The molecule has 0 atom stereocenters. The summed E-state index contributed by atoms with van der Waals surface area (Å²) < 4.78 is 15.9. The molecule has 3 heterocycles. The van der Waals surface area contributed by atoms with E-state index in [1.165, 1.54) is 0 Å². The zero-order valence-electron chi connectivity index (χ0n) is 13.6. The largest absolute Gasteiger partial charge is 0.481 e. The summed E-state index contributed by atoms with van der Waals surface area (Å²) in [6, 6.07) is 13.2. The molecule has 25 heavy (non-hydrogen) atoms. The van der Waals surface area contributed by atoms with Gasteiger partial charge < -0.3 is 13.8 Å². The Labute approximate surface area is 143 Å². The Bertz CT molecular complexity index is 1010. The van der Waals surface area contributed by atoms with Gasteiger partial charge in [-0.25, -0.2) is 4.98 Å². The molecule has 0 N–H and O–H groups in total. The summed E-state index contributed by atoms with van der Waals surface area (Å²) in [7, 11) is 1.56. The maximum absolute atomic E-state index is 5.46. The standard InChI is InChI=1S/C18H14N4O3/c1-11-15(16(21-24-11)12-6-4-3-5-7-12)18-20-17(22-25-18)13-8-9-19-14(10-13)23-2/h3-10H,1-2H3. The smallest absolute Gasteiger partial charge is 0.264 e. The Morgan fingerprint density at radius 1 is 0.960 bits per heavy atom. The summed E-state index contributed by atoms with van der Waals surface area (Å²) in [4.78, 5) is 8.56. The van der Waals surface area contributed by atoms with Crippen molar-refractivity contribution >= 4 is 0 Å². The fraction of sp³-hybridized carbons (Fsp3) is 0.111. The van der Waals surface area contributed by atoms with E-state index in [4.69, 9.17) is 13.8 Å². The van der Waals surface area contributed by atoms with Crippen molar-refractivity contribution in [3.63, 3.8) is 0 Å². The van der Waals surface area contributed by atoms with Crippen molar-refractivity contribution in [2.24, 2.45) is 0 Å². The second-order valence-corrected chi connectivity index (χ2v) is 5.34. The first-order valence-corrected chi connectivity index (χ1v) is 7.62. The van der Waals surface area contributed by atoms with Crippen molar-refractivity contribution in [3.05, 3.63) is 54.4 Å². The normalized spacial score (nSPS) is 10.8. The van der Waals surface area contributed by atoms with Gasteiger partial charge in [0.15, 0.2) is 0 Å². The van der Waals surface area contributed by atoms with Crippen LogP contribution in [0.5, 0.6) is 5.88 Å². The number of hydrogen-bond acceptors (Lipinski definition) is 7. The van der Waals surface area contributed by atoms with Crippen LogP contribution in [-0.4, -0.2) is 27.4 Å². The summed E-state index contributed by atoms with van der Waals surface area (Å²) in [6.07, 6.45) is 1.63. The lowest BCUT2D eigenvalue weighted by Crippen LogP contribution is -1.89. The number of aryl methyl sites for hydroxylation is 1. The van der Waals surface area contributed by atoms with Gasteiger partial charge in [0.25, 0.3) is 5.89 Å². The second kappa shape index (κ2) is 6.20. The molecule has 0 saturated heterocycles. The lowest BCUT2D eigenvalue weighted by molar-refractivity contribution is 0.397. The SMILES string of the molecule is COc1cc(-c2noc(-c3c(-c4ccccc4)noc3C)n2)ccn1. The van der Waals surface area contributed by atoms with E-state index in [9.17, 15) is 0 Å². The molecule has 0 spiro atoms. The van der Waals surface area contributed by atoms with Gasteiger partial charge in [0, 0.05) is 23.4 Å². The first-order chi connectivity index (χ1) is 12.3. The minimum absolute atomic E-state index is 0.350. The van der Waals surface area contributed by atoms with E-state index in [1.807, 2.05) is 37.3 Å². The molecule has 4 aromatic rings. The Kier molecular flexibility index (Phi) is 3.74. The first-order valence-electron chi connectivity index (χ1n) is 7.62. The van der Waals surface area contributed by atoms with Crippen LogP contribution in [0.4, 0.5) is 0 Å². The molecule has 3 aromatic heterocycles. The Balaban J connectivity index is 1.77. The number of rotatable bonds is 4. The summed E-state index contributed by atoms with van der Waals surface area (Å²) >= 11 is 0. The molecule has 124 valence electrons. The quantitative estimate of drug-likeness (QED) is 0.561. The number of aromatic nitrogens is 4. The minimum Gasteiger partial charge on any atom is -0.481 e. The molecule has 0 aliphatic heterocycles. The predicted molar refractivity (Wildman–Crippen MR) is 89.8 cm³/mol. The van der Waals surface area contributed by atoms with Gasteiger partial charge in [-0.3, -0.25) is 0 Å². The number of methoxy groups -OCH3 is 1. The number of pyridine rings is 1. The molecule has 7 heteroatoms. The molecule has 0 fully saturated rings. The van der Waals surface area contributed by atoms with Crippen molar-refractivity contribution in [2.75, 3.05) is 7.11 Å². The number of nitrogens with zero attached hydrogens (tertiary/aromatic N) is 4. The van der Waals surface area contributed by atoms with Crippen molar-refractivity contribution in [2.45, 2.75) is 6.92 Å². The van der Waals surface area contributed by atoms with Crippen molar-refractivity contribution in [1.82, 2.24) is 20.3 Å². The third kappa shape index (κ3) is 2.76. The summed E-state index contributed by atoms with van der Waals surface area (Å²) in [5.74, 6) is 1.88. The van der Waals surface area contributed by atoms with E-state index >= 15 is 0 Å². The van der Waals surface area contributed by atoms with E-state index < -0.39 is 0 Å². The molecule has 1 aromatic carbocycles. The number of ether oxygens (including phenoxy) is 1. The highest BCUT2D eigenvalue weighted by Gasteiger charge is 2.22. The van der Waals surface area contributed by atoms with Gasteiger partial charge in [-0.2, -0.15) is 4.98 Å². The van der Waals surface area contributed by atoms with Gasteiger partial charge in [-0.1, -0.05) is 40.6 Å². The number of benzene rings is 1. The van der Waals surface area contributed by atoms with Crippen molar-refractivity contribution in [1.29, 1.82) is 0 Å². The lowest BCUT2D eigenvalue weighted by atomic mass is 10.1. The molecular formula is C18H14N4O3. The predicted octanol–water partition coefficient (Wildman–Crippen LogP) is 3.77. The van der Waals surface area contributed by atoms with E-state index in [1.54, 1.807) is 25.4 Å². The van der Waals surface area contributed by atoms with Gasteiger partial charge in [0.2, 0.25) is 11.7 Å². The van der Waals surface area contributed by atoms with Crippen LogP contribution < -0.4 is 4.74 Å². The van der Waals surface area contributed by atoms with Gasteiger partial charge in [0.05, 0.1) is 7.11 Å². The van der Waals surface area contributed by atoms with Gasteiger partial charge >= 0.3 is 0 Å². The molecule has 7 nitrogen and oxygen atoms in total. The molecule has 0 aliphatic carbocycles. The van der Waals surface area contributed by atoms with Crippen LogP contribution in [0.3, 0.4) is 0 Å². The molecule has 0 bridgehead atoms. The molecular weight excluding hydrogens is 320 g/mol. The maximum Gasteiger partial charge on any atom is 0.264 e. The van der Waals surface area contributed by atoms with Crippen LogP contribution >= 0.6 is 0 Å². The van der Waals surface area contributed by atoms with Crippen molar-refractivity contribution in [3.8, 4) is 40.0 Å². The van der Waals surface area contributed by atoms with Crippen LogP contribution in [0.15, 0.2) is 57.7 Å². The molecule has 0 saturated carbocycles. The van der Waals surface area contributed by atoms with Crippen LogP contribution in [0.1, 0.15) is 5.76 Å². The fourth-order valence-electron chi connectivity index (χ4n) is 2.52. The monoisotopic (exact) mass is 334 g/mol. The molecule has 0 radical (unpaired) electrons. The highest BCUT2D eigenvalue weighted by molar-refractivity contribution is 5.78. The van der Waals surface area contributed by atoms with Crippen molar-refractivity contribution < 1.29 is 13.8 Å². The lowest BCUT2D eigenvalue weighted by Gasteiger charge is -1.99. The zero-order valence-corrected chi connectivity index (χ0v) is 13.6. The average Bonchev–Trinajstić information content (AvgIpc) is 3.29. The van der Waals surface area contributed by atoms with Gasteiger partial charge in [-0.15, -0.1) is 0 Å². The molecule has 0 unspecified atom stereocenters. The topological polar surface area (TPSA) is 87.1 Å². The first kappa shape index (κ1) is 15.1. The second-order valence-electron chi connectivity index (χ2n) is 5.34. The summed E-state index contributed by atoms with van der Waals surface area (Å²) in [5, 5.41) is 8.19. The average molecular weight is 334 g/mol. The van der Waals surface area contributed by atoms with E-state index in [2.05, 4.69) is 20.3 Å². The Morgan fingerprint density at radius 3 is 2.60 bits per heavy atom. The zero-order chi connectivity index (χ0) is 17.2. The van der Waals surface area contributed by atoms with E-state index in [0.717, 1.165) is 11.1 Å². The van der Waals surface area contributed by atoms with E-state index in [0.29, 0.717) is 34.6 Å². The van der Waals surface area contributed by atoms with Crippen LogP contribution in [0.2, 0.25) is 0 Å². The highest BCUT2D eigenvalue weighted by Crippen LogP contribution is 2.34. The van der Waals surface area contributed by atoms with Gasteiger partial charge in [-0.05, 0) is 13.0 Å². The summed E-state index contributed by atoms with van der Waals surface area (Å²) in [5.41, 5.74) is 3.02. The van der Waals surface area contributed by atoms with E-state index in [-0.39, 0.29) is 0 Å². The van der Waals surface area contributed by atoms with Crippen LogP contribution in [0, 0.1) is 6.92 Å². The Morgan fingerprint density at radius 2 is 1.80 bits per heavy atom. The Hall–Kier alpha value is -3.48. The number of hydrogen-bond donors (Lipinski definition) is 0.